The average molecular weight is 178 g/mol. The van der Waals surface area contributed by atoms with Crippen LogP contribution in [0.4, 0.5) is 0 Å². The molecular formula is C6H14N2S2. The summed E-state index contributed by atoms with van der Waals surface area (Å²) < 4.78 is 0.691. The van der Waals surface area contributed by atoms with Crippen molar-refractivity contribution in [2.24, 2.45) is 5.14 Å². The van der Waals surface area contributed by atoms with Crippen LogP contribution in [0.5, 0.6) is 0 Å². The lowest BCUT2D eigenvalue weighted by molar-refractivity contribution is 0.700. The summed E-state index contributed by atoms with van der Waals surface area (Å²) in [7, 11) is 0. The fourth-order valence-electron chi connectivity index (χ4n) is 0.607. The van der Waals surface area contributed by atoms with Gasteiger partial charge in [-0.3, -0.25) is 5.14 Å². The molecule has 0 aliphatic heterocycles. The molecule has 4 heteroatoms. The van der Waals surface area contributed by atoms with E-state index in [9.17, 15) is 0 Å². The van der Waals surface area contributed by atoms with Crippen LogP contribution < -0.4 is 10.5 Å². The molecule has 2 nitrogen and oxygen atoms in total. The summed E-state index contributed by atoms with van der Waals surface area (Å²) in [5.74, 6) is 0. The Morgan fingerprint density at radius 1 is 1.60 bits per heavy atom. The highest BCUT2D eigenvalue weighted by Crippen LogP contribution is 1.93. The molecule has 3 N–H and O–H groups in total. The normalized spacial score (nSPS) is 9.40. The standard InChI is InChI=1S/C6H14N2S2/c1-2-3-4-5-8-6(9)10-7/h2-5,7H2,1H3,(H,8,9). The third-order valence-electron chi connectivity index (χ3n) is 1.16. The Hall–Kier alpha value is 0.200. The van der Waals surface area contributed by atoms with Gasteiger partial charge in [-0.25, -0.2) is 0 Å². The average Bonchev–Trinajstić information content (AvgIpc) is 1.98. The van der Waals surface area contributed by atoms with Crippen molar-refractivity contribution in [2.75, 3.05) is 6.54 Å². The van der Waals surface area contributed by atoms with E-state index in [1.165, 1.54) is 19.3 Å². The SMILES string of the molecule is CCCCCNC(=S)SN. The van der Waals surface area contributed by atoms with E-state index >= 15 is 0 Å². The van der Waals surface area contributed by atoms with Crippen molar-refractivity contribution >= 4 is 28.5 Å². The second-order valence-electron chi connectivity index (χ2n) is 2.04. The van der Waals surface area contributed by atoms with Crippen LogP contribution >= 0.6 is 24.2 Å². The second-order valence-corrected chi connectivity index (χ2v) is 3.35. The molecule has 0 heterocycles. The molecule has 0 rings (SSSR count). The molecule has 0 saturated carbocycles. The maximum atomic E-state index is 5.20. The maximum absolute atomic E-state index is 5.20. The first-order valence-electron chi connectivity index (χ1n) is 3.45. The van der Waals surface area contributed by atoms with Crippen molar-refractivity contribution < 1.29 is 0 Å². The molecule has 0 fully saturated rings. The Kier molecular flexibility index (Phi) is 7.45. The molecule has 0 aliphatic carbocycles. The fourth-order valence-corrected chi connectivity index (χ4v) is 0.895. The summed E-state index contributed by atoms with van der Waals surface area (Å²) in [6.07, 6.45) is 3.67. The van der Waals surface area contributed by atoms with Crippen LogP contribution in [0.25, 0.3) is 0 Å². The number of hydrogen-bond acceptors (Lipinski definition) is 3. The highest BCUT2D eigenvalue weighted by atomic mass is 32.2. The quantitative estimate of drug-likeness (QED) is 0.390. The monoisotopic (exact) mass is 178 g/mol. The summed E-state index contributed by atoms with van der Waals surface area (Å²) in [5.41, 5.74) is 0. The number of thiocarbonyl (C=S) groups is 1. The fraction of sp³-hybridized carbons (Fsp3) is 0.833. The lowest BCUT2D eigenvalue weighted by Gasteiger charge is -2.02. The Labute approximate surface area is 72.1 Å². The topological polar surface area (TPSA) is 38.0 Å². The van der Waals surface area contributed by atoms with Crippen molar-refractivity contribution in [1.82, 2.24) is 5.32 Å². The van der Waals surface area contributed by atoms with Gasteiger partial charge < -0.3 is 5.32 Å². The molecule has 0 spiro atoms. The van der Waals surface area contributed by atoms with Gasteiger partial charge in [0, 0.05) is 6.54 Å². The smallest absolute Gasteiger partial charge is 0.148 e. The third-order valence-corrected chi connectivity index (χ3v) is 1.95. The van der Waals surface area contributed by atoms with Gasteiger partial charge >= 0.3 is 0 Å². The van der Waals surface area contributed by atoms with Crippen LogP contribution in [0.3, 0.4) is 0 Å². The number of nitrogens with one attached hydrogen (secondary N) is 1. The Bertz CT molecular complexity index is 95.7. The summed E-state index contributed by atoms with van der Waals surface area (Å²) in [5, 5.41) is 8.24. The zero-order valence-corrected chi connectivity index (χ0v) is 7.86. The number of rotatable bonds is 4. The zero-order chi connectivity index (χ0) is 7.82. The van der Waals surface area contributed by atoms with Crippen LogP contribution in [0.1, 0.15) is 26.2 Å². The summed E-state index contributed by atoms with van der Waals surface area (Å²) in [6.45, 7) is 3.13. The van der Waals surface area contributed by atoms with Gasteiger partial charge in [-0.2, -0.15) is 0 Å². The molecule has 0 radical (unpaired) electrons. The lowest BCUT2D eigenvalue weighted by atomic mass is 10.2. The maximum Gasteiger partial charge on any atom is 0.148 e. The molecular weight excluding hydrogens is 164 g/mol. The van der Waals surface area contributed by atoms with E-state index in [4.69, 9.17) is 17.4 Å². The van der Waals surface area contributed by atoms with Gasteiger partial charge in [-0.15, -0.1) is 0 Å². The minimum atomic E-state index is 0.691. The summed E-state index contributed by atoms with van der Waals surface area (Å²) >= 11 is 5.93. The molecule has 0 aromatic rings. The largest absolute Gasteiger partial charge is 0.370 e. The molecule has 0 bridgehead atoms. The molecule has 0 atom stereocenters. The van der Waals surface area contributed by atoms with Gasteiger partial charge in [0.2, 0.25) is 0 Å². The van der Waals surface area contributed by atoms with Crippen LogP contribution in [0.15, 0.2) is 0 Å². The second kappa shape index (κ2) is 7.31. The van der Waals surface area contributed by atoms with E-state index in [0.29, 0.717) is 4.32 Å². The van der Waals surface area contributed by atoms with Gasteiger partial charge in [-0.05, 0) is 18.4 Å². The van der Waals surface area contributed by atoms with Gasteiger partial charge in [0.15, 0.2) is 0 Å². The van der Waals surface area contributed by atoms with Crippen molar-refractivity contribution in [2.45, 2.75) is 26.2 Å². The van der Waals surface area contributed by atoms with E-state index < -0.39 is 0 Å². The predicted octanol–water partition coefficient (Wildman–Crippen LogP) is 1.66. The summed E-state index contributed by atoms with van der Waals surface area (Å²) in [4.78, 5) is 0. The molecule has 0 unspecified atom stereocenters. The highest BCUT2D eigenvalue weighted by molar-refractivity contribution is 8.21. The third kappa shape index (κ3) is 6.32. The van der Waals surface area contributed by atoms with Crippen molar-refractivity contribution in [3.63, 3.8) is 0 Å². The van der Waals surface area contributed by atoms with Crippen molar-refractivity contribution in [3.05, 3.63) is 0 Å². The molecule has 0 aromatic carbocycles. The Morgan fingerprint density at radius 2 is 2.30 bits per heavy atom. The molecule has 0 aliphatic rings. The van der Waals surface area contributed by atoms with Crippen LogP contribution in [0, 0.1) is 0 Å². The number of nitrogens with two attached hydrogens (primary N) is 1. The Balaban J connectivity index is 2.96. The first-order chi connectivity index (χ1) is 4.81. The minimum Gasteiger partial charge on any atom is -0.370 e. The molecule has 0 aromatic heterocycles. The predicted molar refractivity (Wildman–Crippen MR) is 51.9 cm³/mol. The minimum absolute atomic E-state index is 0.691. The van der Waals surface area contributed by atoms with Crippen LogP contribution in [-0.2, 0) is 0 Å². The van der Waals surface area contributed by atoms with E-state index in [-0.39, 0.29) is 0 Å². The van der Waals surface area contributed by atoms with Gasteiger partial charge in [0.05, 0.1) is 0 Å². The van der Waals surface area contributed by atoms with E-state index in [2.05, 4.69) is 12.2 Å². The molecule has 0 amide bonds. The Morgan fingerprint density at radius 3 is 2.80 bits per heavy atom. The molecule has 0 saturated heterocycles. The van der Waals surface area contributed by atoms with E-state index in [1.54, 1.807) is 0 Å². The van der Waals surface area contributed by atoms with E-state index in [1.807, 2.05) is 0 Å². The molecule has 10 heavy (non-hydrogen) atoms. The molecule has 60 valence electrons. The van der Waals surface area contributed by atoms with Gasteiger partial charge in [0.25, 0.3) is 0 Å². The first kappa shape index (κ1) is 10.2. The summed E-state index contributed by atoms with van der Waals surface area (Å²) in [6, 6.07) is 0. The van der Waals surface area contributed by atoms with Crippen molar-refractivity contribution in [3.8, 4) is 0 Å². The number of hydrogen-bond donors (Lipinski definition) is 2. The number of unbranched alkanes of at least 4 members (excludes halogenated alkanes) is 2. The van der Waals surface area contributed by atoms with Crippen LogP contribution in [-0.4, -0.2) is 10.9 Å². The zero-order valence-electron chi connectivity index (χ0n) is 6.22. The van der Waals surface area contributed by atoms with Gasteiger partial charge in [-0.1, -0.05) is 32.0 Å². The van der Waals surface area contributed by atoms with E-state index in [0.717, 1.165) is 18.5 Å². The first-order valence-corrected chi connectivity index (χ1v) is 4.74. The van der Waals surface area contributed by atoms with Crippen molar-refractivity contribution in [1.29, 1.82) is 0 Å². The van der Waals surface area contributed by atoms with Gasteiger partial charge in [0.1, 0.15) is 4.32 Å². The lowest BCUT2D eigenvalue weighted by Crippen LogP contribution is -2.20. The van der Waals surface area contributed by atoms with Crippen LogP contribution in [0.2, 0.25) is 0 Å². The highest BCUT2D eigenvalue weighted by Gasteiger charge is 1.90.